The Kier molecular flexibility index (Phi) is 23.3. The fourth-order valence-corrected chi connectivity index (χ4v) is 18.9. The van der Waals surface area contributed by atoms with Crippen LogP contribution in [0, 0.1) is 0 Å². The first-order chi connectivity index (χ1) is 18.7. The third-order valence-electron chi connectivity index (χ3n) is 4.83. The number of hydrogen-bond acceptors (Lipinski definition) is 13. The molecule has 0 aliphatic heterocycles. The van der Waals surface area contributed by atoms with Gasteiger partial charge in [-0.05, 0) is 79.7 Å². The molecule has 0 aliphatic rings. The van der Waals surface area contributed by atoms with E-state index in [0.29, 0.717) is 62.9 Å². The molecule has 11 nitrogen and oxygen atoms in total. The van der Waals surface area contributed by atoms with E-state index in [2.05, 4.69) is 25.3 Å². The molecule has 0 bridgehead atoms. The van der Waals surface area contributed by atoms with Crippen molar-refractivity contribution < 1.29 is 47.8 Å². The van der Waals surface area contributed by atoms with Crippen LogP contribution in [-0.4, -0.2) is 100 Å². The second kappa shape index (κ2) is 22.6. The second-order valence-electron chi connectivity index (χ2n) is 7.79. The first kappa shape index (κ1) is 40.1. The van der Waals surface area contributed by atoms with Crippen LogP contribution in [0.5, 0.6) is 0 Å². The summed E-state index contributed by atoms with van der Waals surface area (Å²) in [6.07, 6.45) is 1.42. The molecule has 0 radical (unpaired) electrons. The number of thiol groups is 2. The van der Waals surface area contributed by atoms with Crippen molar-refractivity contribution in [3.8, 4) is 0 Å². The van der Waals surface area contributed by atoms with Gasteiger partial charge in [0.15, 0.2) is 0 Å². The van der Waals surface area contributed by atoms with Crippen molar-refractivity contribution in [2.24, 2.45) is 0 Å². The molecule has 0 saturated carbocycles. The van der Waals surface area contributed by atoms with Gasteiger partial charge in [0.25, 0.3) is 0 Å². The van der Waals surface area contributed by atoms with E-state index in [1.165, 1.54) is 0 Å². The fourth-order valence-electron chi connectivity index (χ4n) is 3.66. The van der Waals surface area contributed by atoms with E-state index in [1.807, 2.05) is 55.4 Å². The van der Waals surface area contributed by atoms with Gasteiger partial charge in [-0.2, -0.15) is 25.3 Å². The van der Waals surface area contributed by atoms with Gasteiger partial charge < -0.3 is 47.8 Å². The molecular weight excluding hydrogens is 617 g/mol. The molecule has 0 N–H and O–H groups in total. The average molecular weight is 671 g/mol. The van der Waals surface area contributed by atoms with Gasteiger partial charge in [0, 0.05) is 64.9 Å². The van der Waals surface area contributed by atoms with Crippen LogP contribution in [0.1, 0.15) is 68.2 Å². The van der Waals surface area contributed by atoms with Crippen LogP contribution in [0.25, 0.3) is 0 Å². The van der Waals surface area contributed by atoms with E-state index in [1.54, 1.807) is 0 Å². The quantitative estimate of drug-likeness (QED) is 0.0894. The Balaban J connectivity index is 6.90. The predicted molar refractivity (Wildman–Crippen MR) is 166 cm³/mol. The summed E-state index contributed by atoms with van der Waals surface area (Å²) in [5.41, 5.74) is 0. The van der Waals surface area contributed by atoms with Crippen LogP contribution in [-0.2, 0) is 47.8 Å². The third kappa shape index (κ3) is 14.4. The fraction of sp³-hybridized carbons (Fsp3) is 1.00. The predicted octanol–water partition coefficient (Wildman–Crippen LogP) is 4.72. The molecule has 39 heavy (non-hydrogen) atoms. The Labute approximate surface area is 252 Å². The summed E-state index contributed by atoms with van der Waals surface area (Å²) in [7, 11) is -14.8. The smallest absolute Gasteiger partial charge is 0.374 e. The molecule has 0 aromatic carbocycles. The minimum atomic E-state index is -4.07. The van der Waals surface area contributed by atoms with Gasteiger partial charge in [-0.1, -0.05) is 0 Å². The maximum Gasteiger partial charge on any atom is 0.666 e. The van der Waals surface area contributed by atoms with Gasteiger partial charge >= 0.3 is 35.7 Å². The van der Waals surface area contributed by atoms with Gasteiger partial charge in [-0.3, -0.25) is 0 Å². The minimum absolute atomic E-state index is 0.239. The Hall–Kier alpha value is 1.13. The van der Waals surface area contributed by atoms with Crippen LogP contribution in [0.3, 0.4) is 0 Å². The molecule has 0 aliphatic carbocycles. The van der Waals surface area contributed by atoms with E-state index >= 15 is 0 Å². The molecular formula is C22H54O11S2Si4. The van der Waals surface area contributed by atoms with E-state index < -0.39 is 35.7 Å². The minimum Gasteiger partial charge on any atom is -0.374 e. The standard InChI is InChI=1S/C22H54O11S2Si4/c1-9-23-36(24-10-2,21-17-19-34)31-38(27-13-5,28-14-6)33-39(29-15-7,30-16-8)32-37(25-11-3,26-12-4)22-18-20-35/h34-35H,9-22H2,1-8H3. The highest BCUT2D eigenvalue weighted by atomic mass is 32.1. The molecule has 0 aromatic heterocycles. The highest BCUT2D eigenvalue weighted by molar-refractivity contribution is 7.80. The van der Waals surface area contributed by atoms with Crippen LogP contribution in [0.15, 0.2) is 0 Å². The zero-order chi connectivity index (χ0) is 29.7. The normalized spacial score (nSPS) is 13.4. The monoisotopic (exact) mass is 670 g/mol. The maximum absolute atomic E-state index is 6.70. The van der Waals surface area contributed by atoms with Gasteiger partial charge in [0.1, 0.15) is 0 Å². The van der Waals surface area contributed by atoms with Crippen LogP contribution >= 0.6 is 25.3 Å². The van der Waals surface area contributed by atoms with Gasteiger partial charge in [0.2, 0.25) is 0 Å². The summed E-state index contributed by atoms with van der Waals surface area (Å²) >= 11 is 8.79. The lowest BCUT2D eigenvalue weighted by Crippen LogP contribution is -2.69. The van der Waals surface area contributed by atoms with Gasteiger partial charge in [0.05, 0.1) is 0 Å². The Bertz CT molecular complexity index is 530. The summed E-state index contributed by atoms with van der Waals surface area (Å²) in [4.78, 5) is 0. The molecule has 0 spiro atoms. The van der Waals surface area contributed by atoms with Crippen molar-refractivity contribution in [3.05, 3.63) is 0 Å². The summed E-state index contributed by atoms with van der Waals surface area (Å²) in [6.45, 7) is 17.4. The summed E-state index contributed by atoms with van der Waals surface area (Å²) in [5.74, 6) is 1.28. The second-order valence-corrected chi connectivity index (χ2v) is 19.2. The molecule has 0 unspecified atom stereocenters. The molecule has 236 valence electrons. The number of rotatable bonds is 28. The van der Waals surface area contributed by atoms with Crippen molar-refractivity contribution in [3.63, 3.8) is 0 Å². The van der Waals surface area contributed by atoms with Crippen molar-refractivity contribution in [1.29, 1.82) is 0 Å². The molecule has 0 rings (SSSR count). The zero-order valence-corrected chi connectivity index (χ0v) is 31.1. The molecule has 0 fully saturated rings. The SMILES string of the molecule is CCO[Si](CCCS)(OCC)O[Si](OCC)(OCC)O[Si](OCC)(OCC)O[Si](CCCS)(OCC)OCC. The lowest BCUT2D eigenvalue weighted by atomic mass is 10.6. The van der Waals surface area contributed by atoms with Gasteiger partial charge in [-0.15, -0.1) is 0 Å². The highest BCUT2D eigenvalue weighted by Crippen LogP contribution is 2.32. The van der Waals surface area contributed by atoms with Crippen molar-refractivity contribution in [2.75, 3.05) is 64.4 Å². The van der Waals surface area contributed by atoms with Crippen LogP contribution in [0.2, 0.25) is 12.1 Å². The first-order valence-corrected chi connectivity index (χ1v) is 22.6. The average Bonchev–Trinajstić information content (AvgIpc) is 2.87. The molecule has 0 amide bonds. The maximum atomic E-state index is 6.70. The van der Waals surface area contributed by atoms with E-state index in [9.17, 15) is 0 Å². The van der Waals surface area contributed by atoms with Crippen LogP contribution < -0.4 is 0 Å². The van der Waals surface area contributed by atoms with E-state index in [0.717, 1.165) is 0 Å². The largest absolute Gasteiger partial charge is 0.666 e. The molecule has 17 heteroatoms. The zero-order valence-electron chi connectivity index (χ0n) is 25.3. The summed E-state index contributed by atoms with van der Waals surface area (Å²) < 4.78 is 69.7. The number of hydrogen-bond donors (Lipinski definition) is 2. The highest BCUT2D eigenvalue weighted by Gasteiger charge is 2.66. The van der Waals surface area contributed by atoms with Crippen molar-refractivity contribution >= 4 is 61.0 Å². The van der Waals surface area contributed by atoms with E-state index in [-0.39, 0.29) is 26.4 Å². The summed E-state index contributed by atoms with van der Waals surface area (Å²) in [5, 5.41) is 0. The topological polar surface area (TPSA) is 102 Å². The lowest BCUT2D eigenvalue weighted by molar-refractivity contribution is -0.0529. The Morgan fingerprint density at radius 1 is 0.385 bits per heavy atom. The molecule has 0 atom stereocenters. The Morgan fingerprint density at radius 2 is 0.641 bits per heavy atom. The van der Waals surface area contributed by atoms with E-state index in [4.69, 9.17) is 47.8 Å². The molecule has 0 aromatic rings. The molecule has 0 saturated heterocycles. The summed E-state index contributed by atoms with van der Waals surface area (Å²) in [6, 6.07) is 1.02. The first-order valence-electron chi connectivity index (χ1n) is 14.2. The Morgan fingerprint density at radius 3 is 0.846 bits per heavy atom. The van der Waals surface area contributed by atoms with Crippen LogP contribution in [0.4, 0.5) is 0 Å². The van der Waals surface area contributed by atoms with Crippen molar-refractivity contribution in [2.45, 2.75) is 80.3 Å². The van der Waals surface area contributed by atoms with Crippen molar-refractivity contribution in [1.82, 2.24) is 0 Å². The third-order valence-corrected chi connectivity index (χ3v) is 19.4. The van der Waals surface area contributed by atoms with Gasteiger partial charge in [-0.25, -0.2) is 0 Å². The molecule has 0 heterocycles. The lowest BCUT2D eigenvalue weighted by Gasteiger charge is -2.42.